The van der Waals surface area contributed by atoms with Gasteiger partial charge in [0.1, 0.15) is 0 Å². The molecule has 0 heterocycles. The van der Waals surface area contributed by atoms with Crippen molar-refractivity contribution in [3.8, 4) is 0 Å². The molecule has 2 N–H and O–H groups in total. The average molecular weight is 345 g/mol. The number of sulfonamides is 1. The van der Waals surface area contributed by atoms with Gasteiger partial charge in [-0.3, -0.25) is 4.72 Å². The van der Waals surface area contributed by atoms with E-state index in [1.54, 1.807) is 30.3 Å². The van der Waals surface area contributed by atoms with Crippen LogP contribution in [-0.4, -0.2) is 14.7 Å². The Kier molecular flexibility index (Phi) is 4.98. The molecule has 21 heavy (non-hydrogen) atoms. The number of hydrogen-bond acceptors (Lipinski definition) is 3. The molecule has 0 aliphatic rings. The Morgan fingerprint density at radius 3 is 2.43 bits per heavy atom. The first-order valence-corrected chi connectivity index (χ1v) is 8.74. The lowest BCUT2D eigenvalue weighted by molar-refractivity contribution is 0.607. The molecule has 0 atom stereocenters. The first-order valence-electron chi connectivity index (χ1n) is 6.09. The molecule has 0 aliphatic heterocycles. The summed E-state index contributed by atoms with van der Waals surface area (Å²) in [6.45, 7) is 0.512. The summed E-state index contributed by atoms with van der Waals surface area (Å²) in [5.74, 6) is 0. The Morgan fingerprint density at radius 2 is 1.76 bits per heavy atom. The Labute approximate surface area is 134 Å². The first-order chi connectivity index (χ1) is 9.83. The summed E-state index contributed by atoms with van der Waals surface area (Å²) in [6, 6.07) is 12.3. The zero-order valence-corrected chi connectivity index (χ0v) is 13.6. The molecule has 0 amide bonds. The minimum absolute atomic E-state index is 0.504. The van der Waals surface area contributed by atoms with Gasteiger partial charge < -0.3 is 5.32 Å². The van der Waals surface area contributed by atoms with E-state index in [4.69, 9.17) is 23.2 Å². The minimum atomic E-state index is -3.29. The maximum absolute atomic E-state index is 11.2. The van der Waals surface area contributed by atoms with Gasteiger partial charge in [0.05, 0.1) is 11.9 Å². The second-order valence-electron chi connectivity index (χ2n) is 4.54. The molecule has 7 heteroatoms. The molecule has 0 bridgehead atoms. The van der Waals surface area contributed by atoms with Gasteiger partial charge in [0.2, 0.25) is 10.0 Å². The van der Waals surface area contributed by atoms with Crippen molar-refractivity contribution in [2.75, 3.05) is 16.3 Å². The van der Waals surface area contributed by atoms with Crippen molar-refractivity contribution in [2.45, 2.75) is 6.54 Å². The number of benzene rings is 2. The predicted molar refractivity (Wildman–Crippen MR) is 88.7 cm³/mol. The van der Waals surface area contributed by atoms with Crippen LogP contribution in [0.5, 0.6) is 0 Å². The fourth-order valence-electron chi connectivity index (χ4n) is 1.77. The molecule has 2 aromatic carbocycles. The molecule has 0 saturated carbocycles. The zero-order valence-electron chi connectivity index (χ0n) is 11.2. The number of halogens is 2. The van der Waals surface area contributed by atoms with Crippen molar-refractivity contribution in [1.29, 1.82) is 0 Å². The molecule has 2 aromatic rings. The van der Waals surface area contributed by atoms with Crippen molar-refractivity contribution in [2.24, 2.45) is 0 Å². The van der Waals surface area contributed by atoms with Gasteiger partial charge in [-0.2, -0.15) is 0 Å². The zero-order chi connectivity index (χ0) is 15.5. The Morgan fingerprint density at radius 1 is 1.05 bits per heavy atom. The maximum atomic E-state index is 11.2. The lowest BCUT2D eigenvalue weighted by Gasteiger charge is -2.10. The largest absolute Gasteiger partial charge is 0.381 e. The molecule has 0 spiro atoms. The van der Waals surface area contributed by atoms with Crippen LogP contribution in [0.4, 0.5) is 11.4 Å². The highest BCUT2D eigenvalue weighted by Gasteiger charge is 2.04. The Bertz CT molecular complexity index is 748. The maximum Gasteiger partial charge on any atom is 0.229 e. The smallest absolute Gasteiger partial charge is 0.229 e. The van der Waals surface area contributed by atoms with Gasteiger partial charge >= 0.3 is 0 Å². The van der Waals surface area contributed by atoms with Gasteiger partial charge in [-0.25, -0.2) is 8.42 Å². The van der Waals surface area contributed by atoms with Gasteiger partial charge in [-0.15, -0.1) is 0 Å². The summed E-state index contributed by atoms with van der Waals surface area (Å²) in [7, 11) is -3.29. The van der Waals surface area contributed by atoms with Crippen LogP contribution in [0.1, 0.15) is 5.56 Å². The molecule has 0 radical (unpaired) electrons. The summed E-state index contributed by atoms with van der Waals surface area (Å²) in [6.07, 6.45) is 1.11. The summed E-state index contributed by atoms with van der Waals surface area (Å²) in [5.41, 5.74) is 2.20. The number of hydrogen-bond donors (Lipinski definition) is 2. The van der Waals surface area contributed by atoms with Crippen LogP contribution in [0.25, 0.3) is 0 Å². The first kappa shape index (κ1) is 15.9. The van der Waals surface area contributed by atoms with E-state index in [-0.39, 0.29) is 0 Å². The van der Waals surface area contributed by atoms with Crippen LogP contribution >= 0.6 is 23.2 Å². The second kappa shape index (κ2) is 6.56. The third-order valence-electron chi connectivity index (χ3n) is 2.66. The fraction of sp³-hybridized carbons (Fsp3) is 0.143. The van der Waals surface area contributed by atoms with Crippen molar-refractivity contribution in [1.82, 2.24) is 0 Å². The SMILES string of the molecule is CS(=O)(=O)Nc1cccc(NCc2ccc(Cl)cc2Cl)c1. The molecular weight excluding hydrogens is 331 g/mol. The molecule has 4 nitrogen and oxygen atoms in total. The van der Waals surface area contributed by atoms with Crippen molar-refractivity contribution in [3.63, 3.8) is 0 Å². The van der Waals surface area contributed by atoms with Crippen molar-refractivity contribution in [3.05, 3.63) is 58.1 Å². The second-order valence-corrected chi connectivity index (χ2v) is 7.14. The molecule has 0 unspecified atom stereocenters. The van der Waals surface area contributed by atoms with Crippen molar-refractivity contribution < 1.29 is 8.42 Å². The number of anilines is 2. The number of rotatable bonds is 5. The standard InChI is InChI=1S/C14H14Cl2N2O2S/c1-21(19,20)18-13-4-2-3-12(8-13)17-9-10-5-6-11(15)7-14(10)16/h2-8,17-18H,9H2,1H3. The molecule has 2 rings (SSSR count). The van der Waals surface area contributed by atoms with Crippen LogP contribution in [0.2, 0.25) is 10.0 Å². The van der Waals surface area contributed by atoms with E-state index in [1.165, 1.54) is 0 Å². The predicted octanol–water partition coefficient (Wildman–Crippen LogP) is 3.98. The van der Waals surface area contributed by atoms with E-state index in [2.05, 4.69) is 10.0 Å². The van der Waals surface area contributed by atoms with Gasteiger partial charge in [0, 0.05) is 22.3 Å². The third kappa shape index (κ3) is 5.12. The monoisotopic (exact) mass is 344 g/mol. The molecule has 0 saturated heterocycles. The fourth-order valence-corrected chi connectivity index (χ4v) is 2.80. The van der Waals surface area contributed by atoms with E-state index in [0.717, 1.165) is 17.5 Å². The van der Waals surface area contributed by atoms with Crippen molar-refractivity contribution >= 4 is 44.6 Å². The van der Waals surface area contributed by atoms with E-state index >= 15 is 0 Å². The van der Waals surface area contributed by atoms with Crippen LogP contribution in [0.3, 0.4) is 0 Å². The van der Waals surface area contributed by atoms with E-state index in [0.29, 0.717) is 22.3 Å². The van der Waals surface area contributed by atoms with E-state index in [9.17, 15) is 8.42 Å². The highest BCUT2D eigenvalue weighted by Crippen LogP contribution is 2.23. The van der Waals surface area contributed by atoms with Gasteiger partial charge in [0.25, 0.3) is 0 Å². The quantitative estimate of drug-likeness (QED) is 0.862. The molecule has 0 aliphatic carbocycles. The normalized spacial score (nSPS) is 11.2. The molecule has 0 fully saturated rings. The third-order valence-corrected chi connectivity index (χ3v) is 3.86. The summed E-state index contributed by atoms with van der Waals surface area (Å²) in [5, 5.41) is 4.35. The molecular formula is C14H14Cl2N2O2S. The van der Waals surface area contributed by atoms with Gasteiger partial charge in [-0.1, -0.05) is 35.3 Å². The van der Waals surface area contributed by atoms with E-state index in [1.807, 2.05) is 12.1 Å². The topological polar surface area (TPSA) is 58.2 Å². The lowest BCUT2D eigenvalue weighted by Crippen LogP contribution is -2.09. The minimum Gasteiger partial charge on any atom is -0.381 e. The number of nitrogens with one attached hydrogen (secondary N) is 2. The van der Waals surface area contributed by atoms with Crippen LogP contribution in [0, 0.1) is 0 Å². The molecule has 0 aromatic heterocycles. The lowest BCUT2D eigenvalue weighted by atomic mass is 10.2. The van der Waals surface area contributed by atoms with Crippen LogP contribution in [0.15, 0.2) is 42.5 Å². The summed E-state index contributed by atoms with van der Waals surface area (Å²) < 4.78 is 24.8. The summed E-state index contributed by atoms with van der Waals surface area (Å²) in [4.78, 5) is 0. The average Bonchev–Trinajstić information content (AvgIpc) is 2.36. The van der Waals surface area contributed by atoms with Crippen LogP contribution in [-0.2, 0) is 16.6 Å². The summed E-state index contributed by atoms with van der Waals surface area (Å²) >= 11 is 11.9. The Hall–Kier alpha value is -1.43. The van der Waals surface area contributed by atoms with Gasteiger partial charge in [0.15, 0.2) is 0 Å². The Balaban J connectivity index is 2.08. The highest BCUT2D eigenvalue weighted by molar-refractivity contribution is 7.92. The van der Waals surface area contributed by atoms with Gasteiger partial charge in [-0.05, 0) is 35.9 Å². The highest BCUT2D eigenvalue weighted by atomic mass is 35.5. The van der Waals surface area contributed by atoms with Crippen LogP contribution < -0.4 is 10.0 Å². The molecule has 112 valence electrons. The van der Waals surface area contributed by atoms with E-state index < -0.39 is 10.0 Å².